The van der Waals surface area contributed by atoms with Crippen molar-refractivity contribution in [1.29, 1.82) is 0 Å². The van der Waals surface area contributed by atoms with Crippen LogP contribution in [0.4, 0.5) is 0 Å². The summed E-state index contributed by atoms with van der Waals surface area (Å²) in [5.41, 5.74) is 0. The molecule has 1 aliphatic heterocycles. The van der Waals surface area contributed by atoms with Gasteiger partial charge in [0.1, 0.15) is 31.0 Å². The van der Waals surface area contributed by atoms with Crippen molar-refractivity contribution in [2.45, 2.75) is 192 Å². The van der Waals surface area contributed by atoms with Gasteiger partial charge in [0.2, 0.25) is 0 Å². The number of unbranched alkanes of at least 4 members (excludes halogenated alkanes) is 17. The molecule has 0 aromatic heterocycles. The van der Waals surface area contributed by atoms with Gasteiger partial charge in [-0.05, 0) is 25.7 Å². The molecule has 55 heavy (non-hydrogen) atoms. The average Bonchev–Trinajstić information content (AvgIpc) is 3.18. The molecule has 0 aromatic rings. The van der Waals surface area contributed by atoms with Crippen LogP contribution in [0.2, 0.25) is 0 Å². The molecule has 10 heteroatoms. The third-order valence-corrected chi connectivity index (χ3v) is 9.54. The molecule has 0 bridgehead atoms. The number of hydrogen-bond acceptors (Lipinski definition) is 10. The third kappa shape index (κ3) is 27.6. The first-order chi connectivity index (χ1) is 26.8. The largest absolute Gasteiger partial charge is 0.462 e. The van der Waals surface area contributed by atoms with Gasteiger partial charge in [-0.1, -0.05) is 177 Å². The number of ether oxygens (including phenoxy) is 4. The summed E-state index contributed by atoms with van der Waals surface area (Å²) in [5.74, 6) is -0.894. The molecule has 0 aliphatic carbocycles. The normalized spacial score (nSPS) is 21.2. The zero-order valence-electron chi connectivity index (χ0n) is 34.2. The van der Waals surface area contributed by atoms with Crippen LogP contribution < -0.4 is 0 Å². The number of allylic oxidation sites excluding steroid dienone is 10. The van der Waals surface area contributed by atoms with Crippen molar-refractivity contribution in [2.24, 2.45) is 0 Å². The molecule has 0 spiro atoms. The average molecular weight is 777 g/mol. The number of carbonyl (C=O) groups is 2. The standard InChI is InChI=1S/C45H76O10/c1-3-5-7-9-11-13-15-17-18-19-20-22-23-25-27-29-31-33-40(47)52-36-38(37-53-45-44(51)43(50)42(49)39(35-46)55-45)54-41(48)34-32-30-28-26-24-21-16-14-12-10-8-6-4-2/h6,8,10,12,14,16,21,24,26,28,38-39,42-46,49-51H,3-5,7,9,11,13,15,17-20,22-23,25,27,29-37H2,1-2H3/b8-6+,12-10+,16-14+,24-21+,28-26+/t38?,39-,42+,43?,44?,45-/m0/s1. The lowest BCUT2D eigenvalue weighted by Crippen LogP contribution is -2.59. The molecule has 0 saturated carbocycles. The minimum atomic E-state index is -1.61. The van der Waals surface area contributed by atoms with E-state index in [1.54, 1.807) is 0 Å². The highest BCUT2D eigenvalue weighted by Gasteiger charge is 2.44. The summed E-state index contributed by atoms with van der Waals surface area (Å²) in [5, 5.41) is 40.0. The van der Waals surface area contributed by atoms with Gasteiger partial charge < -0.3 is 39.4 Å². The highest BCUT2D eigenvalue weighted by Crippen LogP contribution is 2.22. The monoisotopic (exact) mass is 777 g/mol. The van der Waals surface area contributed by atoms with Crippen molar-refractivity contribution >= 4 is 11.9 Å². The number of aliphatic hydroxyl groups excluding tert-OH is 4. The summed E-state index contributed by atoms with van der Waals surface area (Å²) < 4.78 is 22.0. The van der Waals surface area contributed by atoms with E-state index in [-0.39, 0.29) is 26.1 Å². The van der Waals surface area contributed by atoms with Crippen LogP contribution in [0.15, 0.2) is 60.8 Å². The number of rotatable bonds is 34. The maximum atomic E-state index is 12.7. The highest BCUT2D eigenvalue weighted by molar-refractivity contribution is 5.70. The van der Waals surface area contributed by atoms with Crippen molar-refractivity contribution in [3.05, 3.63) is 60.8 Å². The van der Waals surface area contributed by atoms with E-state index >= 15 is 0 Å². The maximum absolute atomic E-state index is 12.7. The van der Waals surface area contributed by atoms with Crippen molar-refractivity contribution in [2.75, 3.05) is 19.8 Å². The zero-order valence-corrected chi connectivity index (χ0v) is 34.2. The summed E-state index contributed by atoms with van der Waals surface area (Å²) in [6, 6.07) is 0. The first kappa shape index (κ1) is 50.4. The molecule has 1 aliphatic rings. The Balaban J connectivity index is 2.38. The molecule has 0 aromatic carbocycles. The minimum absolute atomic E-state index is 0.133. The number of esters is 2. The highest BCUT2D eigenvalue weighted by atomic mass is 16.7. The number of hydrogen-bond donors (Lipinski definition) is 4. The Kier molecular flexibility index (Phi) is 32.8. The second-order valence-corrected chi connectivity index (χ2v) is 14.5. The summed E-state index contributed by atoms with van der Waals surface area (Å²) in [6.07, 6.45) is 35.3. The summed E-state index contributed by atoms with van der Waals surface area (Å²) >= 11 is 0. The molecule has 1 fully saturated rings. The van der Waals surface area contributed by atoms with Gasteiger partial charge in [0.15, 0.2) is 12.4 Å². The van der Waals surface area contributed by atoms with Crippen LogP contribution in [0.5, 0.6) is 0 Å². The Bertz CT molecular complexity index is 1080. The van der Waals surface area contributed by atoms with Gasteiger partial charge in [0.25, 0.3) is 0 Å². The lowest BCUT2D eigenvalue weighted by atomic mass is 9.99. The van der Waals surface area contributed by atoms with E-state index < -0.39 is 55.4 Å². The van der Waals surface area contributed by atoms with Crippen molar-refractivity contribution in [3.8, 4) is 0 Å². The smallest absolute Gasteiger partial charge is 0.306 e. The van der Waals surface area contributed by atoms with Crippen LogP contribution in [-0.4, -0.2) is 89.0 Å². The number of carbonyl (C=O) groups excluding carboxylic acids is 2. The lowest BCUT2D eigenvalue weighted by Gasteiger charge is -2.39. The molecule has 6 atom stereocenters. The van der Waals surface area contributed by atoms with Gasteiger partial charge in [-0.15, -0.1) is 0 Å². The predicted molar refractivity (Wildman–Crippen MR) is 219 cm³/mol. The Hall–Kier alpha value is -2.60. The molecule has 316 valence electrons. The van der Waals surface area contributed by atoms with Crippen LogP contribution >= 0.6 is 0 Å². The maximum Gasteiger partial charge on any atom is 0.306 e. The Morgan fingerprint density at radius 3 is 1.60 bits per heavy atom. The quantitative estimate of drug-likeness (QED) is 0.0284. The minimum Gasteiger partial charge on any atom is -0.462 e. The third-order valence-electron chi connectivity index (χ3n) is 9.54. The van der Waals surface area contributed by atoms with E-state index in [4.69, 9.17) is 18.9 Å². The number of aliphatic hydroxyl groups is 4. The summed E-state index contributed by atoms with van der Waals surface area (Å²) in [7, 11) is 0. The molecule has 1 rings (SSSR count). The van der Waals surface area contributed by atoms with E-state index in [9.17, 15) is 30.0 Å². The van der Waals surface area contributed by atoms with Gasteiger partial charge in [-0.25, -0.2) is 0 Å². The Morgan fingerprint density at radius 1 is 0.582 bits per heavy atom. The van der Waals surface area contributed by atoms with E-state index in [1.165, 1.54) is 89.9 Å². The zero-order chi connectivity index (χ0) is 40.2. The molecule has 4 N–H and O–H groups in total. The van der Waals surface area contributed by atoms with E-state index in [2.05, 4.69) is 19.9 Å². The second kappa shape index (κ2) is 35.8. The van der Waals surface area contributed by atoms with Crippen LogP contribution in [-0.2, 0) is 28.5 Å². The molecule has 10 nitrogen and oxygen atoms in total. The predicted octanol–water partition coefficient (Wildman–Crippen LogP) is 8.66. The van der Waals surface area contributed by atoms with Crippen molar-refractivity contribution in [3.63, 3.8) is 0 Å². The lowest BCUT2D eigenvalue weighted by molar-refractivity contribution is -0.305. The Morgan fingerprint density at radius 2 is 1.07 bits per heavy atom. The van der Waals surface area contributed by atoms with Crippen LogP contribution in [0.3, 0.4) is 0 Å². The molecular weight excluding hydrogens is 700 g/mol. The van der Waals surface area contributed by atoms with E-state index in [0.717, 1.165) is 25.7 Å². The first-order valence-electron chi connectivity index (χ1n) is 21.4. The molecule has 0 amide bonds. The molecular formula is C45H76O10. The van der Waals surface area contributed by atoms with Crippen molar-refractivity contribution in [1.82, 2.24) is 0 Å². The molecule has 1 saturated heterocycles. The van der Waals surface area contributed by atoms with Gasteiger partial charge in [0, 0.05) is 12.8 Å². The van der Waals surface area contributed by atoms with Crippen LogP contribution in [0.1, 0.15) is 155 Å². The van der Waals surface area contributed by atoms with E-state index in [1.807, 2.05) is 54.7 Å². The SMILES string of the molecule is CC/C=C/C=C/C=C/C=C/C=C/CCCC(=O)OC(COC(=O)CCCCCCCCCCCCCCCCCCC)CO[C@H]1O[C@@H](CO)[C@@H](O)C(O)C1O. The van der Waals surface area contributed by atoms with Gasteiger partial charge in [0.05, 0.1) is 13.2 Å². The molecule has 0 radical (unpaired) electrons. The van der Waals surface area contributed by atoms with Crippen LogP contribution in [0.25, 0.3) is 0 Å². The fraction of sp³-hybridized carbons (Fsp3) is 0.733. The second-order valence-electron chi connectivity index (χ2n) is 14.5. The fourth-order valence-corrected chi connectivity index (χ4v) is 6.16. The van der Waals surface area contributed by atoms with Crippen molar-refractivity contribution < 1.29 is 49.0 Å². The van der Waals surface area contributed by atoms with E-state index in [0.29, 0.717) is 12.8 Å². The summed E-state index contributed by atoms with van der Waals surface area (Å²) in [4.78, 5) is 25.2. The molecule has 1 heterocycles. The van der Waals surface area contributed by atoms with Gasteiger partial charge in [-0.2, -0.15) is 0 Å². The van der Waals surface area contributed by atoms with Gasteiger partial charge in [-0.3, -0.25) is 9.59 Å². The van der Waals surface area contributed by atoms with Gasteiger partial charge >= 0.3 is 11.9 Å². The Labute approximate surface area is 332 Å². The van der Waals surface area contributed by atoms with Crippen LogP contribution in [0, 0.1) is 0 Å². The molecule has 3 unspecified atom stereocenters. The fourth-order valence-electron chi connectivity index (χ4n) is 6.16. The topological polar surface area (TPSA) is 152 Å². The summed E-state index contributed by atoms with van der Waals surface area (Å²) in [6.45, 7) is 3.20. The first-order valence-corrected chi connectivity index (χ1v) is 21.4.